The molecule has 4 N–H and O–H groups in total. The van der Waals surface area contributed by atoms with Gasteiger partial charge in [0, 0.05) is 29.2 Å². The summed E-state index contributed by atoms with van der Waals surface area (Å²) < 4.78 is 13.0. The molecule has 0 aromatic heterocycles. The summed E-state index contributed by atoms with van der Waals surface area (Å²) in [5.74, 6) is -0.366. The summed E-state index contributed by atoms with van der Waals surface area (Å²) in [6, 6.07) is 31.1. The monoisotopic (exact) mass is 541 g/mol. The highest BCUT2D eigenvalue weighted by atomic mass is 32.2. The van der Waals surface area contributed by atoms with Crippen LogP contribution in [0.1, 0.15) is 51.4 Å². The first kappa shape index (κ1) is 27.1. The molecule has 0 aliphatic carbocycles. The van der Waals surface area contributed by atoms with Gasteiger partial charge in [-0.3, -0.25) is 0 Å². The lowest BCUT2D eigenvalue weighted by molar-refractivity contribution is -0.245. The fraction of sp³-hybridized carbons (Fsp3) is 0.219. The third kappa shape index (κ3) is 6.58. The first-order valence-electron chi connectivity index (χ1n) is 12.9. The maximum atomic E-state index is 11.7. The number of carboxylic acid groups (broad SMARTS) is 1. The number of aliphatic hydroxyl groups is 1. The van der Waals surface area contributed by atoms with Gasteiger partial charge in [-0.15, -0.1) is 11.8 Å². The van der Waals surface area contributed by atoms with E-state index in [0.717, 1.165) is 33.4 Å². The Bertz CT molecular complexity index is 1420. The zero-order valence-electron chi connectivity index (χ0n) is 21.4. The number of ether oxygens (including phenoxy) is 2. The van der Waals surface area contributed by atoms with Crippen molar-refractivity contribution in [1.82, 2.24) is 0 Å². The lowest BCUT2D eigenvalue weighted by atomic mass is 9.99. The van der Waals surface area contributed by atoms with Crippen LogP contribution in [0.15, 0.2) is 102 Å². The van der Waals surface area contributed by atoms with Crippen LogP contribution in [0.3, 0.4) is 0 Å². The van der Waals surface area contributed by atoms with Gasteiger partial charge in [0.15, 0.2) is 6.29 Å². The van der Waals surface area contributed by atoms with Crippen molar-refractivity contribution in [2.75, 3.05) is 5.75 Å². The summed E-state index contributed by atoms with van der Waals surface area (Å²) in [5.41, 5.74) is 12.1. The highest BCUT2D eigenvalue weighted by Gasteiger charge is 2.32. The van der Waals surface area contributed by atoms with Crippen molar-refractivity contribution in [2.45, 2.75) is 43.0 Å². The molecular formula is C32H31NO5S. The minimum atomic E-state index is -0.943. The third-order valence-electron chi connectivity index (χ3n) is 6.81. The van der Waals surface area contributed by atoms with Crippen molar-refractivity contribution in [3.8, 4) is 11.1 Å². The van der Waals surface area contributed by atoms with Gasteiger partial charge in [0.1, 0.15) is 0 Å². The largest absolute Gasteiger partial charge is 0.478 e. The van der Waals surface area contributed by atoms with Crippen LogP contribution in [-0.2, 0) is 22.6 Å². The number of rotatable bonds is 9. The minimum Gasteiger partial charge on any atom is -0.478 e. The van der Waals surface area contributed by atoms with Gasteiger partial charge in [-0.25, -0.2) is 4.79 Å². The predicted octanol–water partition coefficient (Wildman–Crippen LogP) is 6.34. The lowest BCUT2D eigenvalue weighted by Gasteiger charge is -2.36. The van der Waals surface area contributed by atoms with Crippen LogP contribution in [0.2, 0.25) is 0 Å². The molecule has 200 valence electrons. The molecule has 1 aliphatic rings. The molecule has 5 rings (SSSR count). The van der Waals surface area contributed by atoms with Gasteiger partial charge in [0.2, 0.25) is 0 Å². The van der Waals surface area contributed by atoms with Gasteiger partial charge in [-0.05, 0) is 52.1 Å². The minimum absolute atomic E-state index is 0.0159. The zero-order chi connectivity index (χ0) is 27.2. The molecule has 1 aliphatic heterocycles. The molecule has 1 fully saturated rings. The van der Waals surface area contributed by atoms with Gasteiger partial charge in [0.25, 0.3) is 0 Å². The van der Waals surface area contributed by atoms with Gasteiger partial charge in [-0.1, -0.05) is 72.8 Å². The van der Waals surface area contributed by atoms with Crippen LogP contribution in [0.4, 0.5) is 0 Å². The summed E-state index contributed by atoms with van der Waals surface area (Å²) in [7, 11) is 0. The van der Waals surface area contributed by atoms with Crippen molar-refractivity contribution >= 4 is 17.7 Å². The number of benzene rings is 4. The average molecular weight is 542 g/mol. The molecule has 1 saturated heterocycles. The summed E-state index contributed by atoms with van der Waals surface area (Å²) >= 11 is 1.48. The van der Waals surface area contributed by atoms with Crippen LogP contribution < -0.4 is 5.73 Å². The number of carbonyl (C=O) groups is 1. The van der Waals surface area contributed by atoms with Crippen LogP contribution in [0.25, 0.3) is 11.1 Å². The topological polar surface area (TPSA) is 102 Å². The molecule has 0 bridgehead atoms. The van der Waals surface area contributed by atoms with E-state index >= 15 is 0 Å². The number of carboxylic acids is 1. The van der Waals surface area contributed by atoms with Crippen LogP contribution >= 0.6 is 11.8 Å². The Morgan fingerprint density at radius 3 is 2.33 bits per heavy atom. The lowest BCUT2D eigenvalue weighted by Crippen LogP contribution is -2.31. The number of thioether (sulfide) groups is 1. The second kappa shape index (κ2) is 12.6. The molecule has 0 spiro atoms. The first-order chi connectivity index (χ1) is 19.0. The summed E-state index contributed by atoms with van der Waals surface area (Å²) in [6.07, 6.45) is -0.377. The molecule has 4 aromatic rings. The highest BCUT2D eigenvalue weighted by Crippen LogP contribution is 2.40. The van der Waals surface area contributed by atoms with Crippen molar-refractivity contribution in [3.05, 3.63) is 125 Å². The Labute approximate surface area is 232 Å². The number of aliphatic hydroxyl groups excluding tert-OH is 1. The Balaban J connectivity index is 1.41. The summed E-state index contributed by atoms with van der Waals surface area (Å²) in [4.78, 5) is 12.4. The highest BCUT2D eigenvalue weighted by molar-refractivity contribution is 7.99. The fourth-order valence-electron chi connectivity index (χ4n) is 4.72. The normalized spacial score (nSPS) is 19.1. The van der Waals surface area contributed by atoms with E-state index in [1.807, 2.05) is 60.7 Å². The number of hydrogen-bond acceptors (Lipinski definition) is 6. The first-order valence-corrected chi connectivity index (χ1v) is 13.9. The van der Waals surface area contributed by atoms with E-state index in [0.29, 0.717) is 23.6 Å². The van der Waals surface area contributed by atoms with Gasteiger partial charge < -0.3 is 25.4 Å². The van der Waals surface area contributed by atoms with E-state index in [1.165, 1.54) is 11.8 Å². The SMILES string of the molecule is NCc1cccc(-c2cccc([C@H]3O[C@@H](CSc4ccccc4C(=O)O)C[C@@H](c4ccc(CO)cc4)O3)c2)c1. The van der Waals surface area contributed by atoms with Crippen LogP contribution in [0, 0.1) is 0 Å². The molecule has 0 radical (unpaired) electrons. The maximum absolute atomic E-state index is 11.7. The van der Waals surface area contributed by atoms with Gasteiger partial charge >= 0.3 is 5.97 Å². The summed E-state index contributed by atoms with van der Waals surface area (Å²) in [6.45, 7) is 0.460. The molecule has 6 nitrogen and oxygen atoms in total. The number of aromatic carboxylic acids is 1. The zero-order valence-corrected chi connectivity index (χ0v) is 22.2. The second-order valence-corrected chi connectivity index (χ2v) is 10.6. The Kier molecular flexibility index (Phi) is 8.76. The molecular weight excluding hydrogens is 510 g/mol. The molecule has 39 heavy (non-hydrogen) atoms. The molecule has 0 amide bonds. The Morgan fingerprint density at radius 1 is 0.846 bits per heavy atom. The second-order valence-electron chi connectivity index (χ2n) is 9.49. The number of nitrogens with two attached hydrogens (primary N) is 1. The quantitative estimate of drug-likeness (QED) is 0.213. The fourth-order valence-corrected chi connectivity index (χ4v) is 5.78. The molecule has 3 atom stereocenters. The smallest absolute Gasteiger partial charge is 0.336 e. The van der Waals surface area contributed by atoms with Crippen LogP contribution in [-0.4, -0.2) is 28.0 Å². The third-order valence-corrected chi connectivity index (χ3v) is 8.02. The van der Waals surface area contributed by atoms with E-state index in [-0.39, 0.29) is 24.4 Å². The van der Waals surface area contributed by atoms with E-state index in [4.69, 9.17) is 15.2 Å². The van der Waals surface area contributed by atoms with E-state index in [9.17, 15) is 15.0 Å². The van der Waals surface area contributed by atoms with Gasteiger partial charge in [-0.2, -0.15) is 0 Å². The molecule has 0 saturated carbocycles. The van der Waals surface area contributed by atoms with Crippen molar-refractivity contribution in [2.24, 2.45) is 5.73 Å². The van der Waals surface area contributed by atoms with E-state index in [1.54, 1.807) is 12.1 Å². The van der Waals surface area contributed by atoms with Crippen LogP contribution in [0.5, 0.6) is 0 Å². The average Bonchev–Trinajstić information content (AvgIpc) is 3.00. The molecule has 0 unspecified atom stereocenters. The van der Waals surface area contributed by atoms with Crippen molar-refractivity contribution < 1.29 is 24.5 Å². The Morgan fingerprint density at radius 2 is 1.59 bits per heavy atom. The molecule has 7 heteroatoms. The molecule has 4 aromatic carbocycles. The van der Waals surface area contributed by atoms with Crippen molar-refractivity contribution in [3.63, 3.8) is 0 Å². The molecule has 1 heterocycles. The summed E-state index contributed by atoms with van der Waals surface area (Å²) in [5, 5.41) is 19.1. The van der Waals surface area contributed by atoms with E-state index in [2.05, 4.69) is 24.3 Å². The standard InChI is InChI=1S/C32H31NO5S/c33-18-22-5-3-6-24(15-22)25-7-4-8-26(16-25)32-37-27(20-39-30-10-2-1-9-28(30)31(35)36)17-29(38-32)23-13-11-21(19-34)12-14-23/h1-16,27,29,32,34H,17-20,33H2,(H,35,36)/t27-,29+,32+/m1/s1. The predicted molar refractivity (Wildman–Crippen MR) is 152 cm³/mol. The van der Waals surface area contributed by atoms with E-state index < -0.39 is 12.3 Å². The maximum Gasteiger partial charge on any atom is 0.336 e. The van der Waals surface area contributed by atoms with Crippen molar-refractivity contribution in [1.29, 1.82) is 0 Å². The number of hydrogen-bond donors (Lipinski definition) is 3. The van der Waals surface area contributed by atoms with Gasteiger partial charge in [0.05, 0.1) is 24.4 Å². The Hall–Kier alpha value is -3.46.